The van der Waals surface area contributed by atoms with Gasteiger partial charge >= 0.3 is 0 Å². The summed E-state index contributed by atoms with van der Waals surface area (Å²) in [6.45, 7) is 0. The van der Waals surface area contributed by atoms with Crippen molar-refractivity contribution in [3.8, 4) is 0 Å². The molecule has 0 unspecified atom stereocenters. The Morgan fingerprint density at radius 1 is 1.00 bits per heavy atom. The molecule has 0 bridgehead atoms. The Morgan fingerprint density at radius 2 is 1.78 bits per heavy atom. The van der Waals surface area contributed by atoms with E-state index in [2.05, 4.69) is 11.4 Å². The van der Waals surface area contributed by atoms with Crippen molar-refractivity contribution in [3.05, 3.63) is 35.6 Å². The van der Waals surface area contributed by atoms with Crippen molar-refractivity contribution in [2.45, 2.75) is 62.9 Å². The second kappa shape index (κ2) is 5.40. The van der Waals surface area contributed by atoms with Crippen LogP contribution in [0.2, 0.25) is 0 Å². The summed E-state index contributed by atoms with van der Waals surface area (Å²) in [4.78, 5) is 0. The third-order valence-corrected chi connectivity index (χ3v) is 4.53. The minimum atomic E-state index is -0.101. The Morgan fingerprint density at radius 3 is 2.50 bits per heavy atom. The van der Waals surface area contributed by atoms with Gasteiger partial charge in [-0.1, -0.05) is 31.4 Å². The van der Waals surface area contributed by atoms with Crippen molar-refractivity contribution in [2.24, 2.45) is 0 Å². The van der Waals surface area contributed by atoms with E-state index in [1.54, 1.807) is 6.07 Å². The van der Waals surface area contributed by atoms with Crippen LogP contribution < -0.4 is 5.32 Å². The highest BCUT2D eigenvalue weighted by Gasteiger charge is 2.31. The van der Waals surface area contributed by atoms with E-state index in [0.29, 0.717) is 12.0 Å². The average molecular weight is 247 g/mol. The Bertz CT molecular complexity index is 392. The molecule has 1 nitrogen and oxygen atoms in total. The lowest BCUT2D eigenvalue weighted by Gasteiger charge is -2.39. The first kappa shape index (κ1) is 12.2. The largest absolute Gasteiger partial charge is 0.311 e. The molecule has 0 spiro atoms. The first-order valence-corrected chi connectivity index (χ1v) is 7.33. The molecule has 1 aromatic carbocycles. The van der Waals surface area contributed by atoms with Crippen LogP contribution in [0.1, 0.15) is 56.4 Å². The molecule has 3 rings (SSSR count). The van der Waals surface area contributed by atoms with E-state index in [-0.39, 0.29) is 5.82 Å². The maximum Gasteiger partial charge on any atom is 0.123 e. The standard InChI is InChI=1S/C16H22FN/c17-14-6-4-5-12(9-14)13-10-16(11-13)18-15-7-2-1-3-8-15/h4-6,9,13,15-16,18H,1-3,7-8,10-11H2. The summed E-state index contributed by atoms with van der Waals surface area (Å²) in [6, 6.07) is 8.53. The highest BCUT2D eigenvalue weighted by atomic mass is 19.1. The predicted molar refractivity (Wildman–Crippen MR) is 72.2 cm³/mol. The summed E-state index contributed by atoms with van der Waals surface area (Å²) in [6.07, 6.45) is 9.24. The molecule has 0 aliphatic heterocycles. The summed E-state index contributed by atoms with van der Waals surface area (Å²) in [5, 5.41) is 3.78. The van der Waals surface area contributed by atoms with Gasteiger partial charge in [-0.2, -0.15) is 0 Å². The third-order valence-electron chi connectivity index (χ3n) is 4.53. The maximum absolute atomic E-state index is 13.1. The van der Waals surface area contributed by atoms with Gasteiger partial charge in [0.2, 0.25) is 0 Å². The van der Waals surface area contributed by atoms with Crippen LogP contribution in [0.15, 0.2) is 24.3 Å². The molecule has 1 aromatic rings. The Balaban J connectivity index is 1.48. The molecular weight excluding hydrogens is 225 g/mol. The lowest BCUT2D eigenvalue weighted by Crippen LogP contribution is -2.46. The number of rotatable bonds is 3. The number of benzene rings is 1. The van der Waals surface area contributed by atoms with Crippen LogP contribution in [0.25, 0.3) is 0 Å². The summed E-state index contributed by atoms with van der Waals surface area (Å²) in [5.74, 6) is 0.470. The molecule has 2 heteroatoms. The van der Waals surface area contributed by atoms with Crippen LogP contribution in [0.3, 0.4) is 0 Å². The highest BCUT2D eigenvalue weighted by Crippen LogP contribution is 2.37. The molecule has 0 radical (unpaired) electrons. The molecule has 0 saturated heterocycles. The summed E-state index contributed by atoms with van der Waals surface area (Å²) >= 11 is 0. The van der Waals surface area contributed by atoms with E-state index < -0.39 is 0 Å². The highest BCUT2D eigenvalue weighted by molar-refractivity contribution is 5.23. The molecular formula is C16H22FN. The van der Waals surface area contributed by atoms with Crippen molar-refractivity contribution in [1.82, 2.24) is 5.32 Å². The first-order valence-electron chi connectivity index (χ1n) is 7.33. The Hall–Kier alpha value is -0.890. The molecule has 2 aliphatic carbocycles. The molecule has 2 fully saturated rings. The molecule has 18 heavy (non-hydrogen) atoms. The quantitative estimate of drug-likeness (QED) is 0.851. The van der Waals surface area contributed by atoms with Crippen LogP contribution in [0.4, 0.5) is 4.39 Å². The van der Waals surface area contributed by atoms with Gasteiger partial charge in [-0.3, -0.25) is 0 Å². The average Bonchev–Trinajstić information content (AvgIpc) is 2.34. The molecule has 0 heterocycles. The summed E-state index contributed by atoms with van der Waals surface area (Å²) < 4.78 is 13.1. The second-order valence-corrected chi connectivity index (χ2v) is 5.92. The SMILES string of the molecule is Fc1cccc(C2CC(NC3CCCCC3)C2)c1. The predicted octanol–water partition coefficient (Wildman–Crippen LogP) is 3.99. The van der Waals surface area contributed by atoms with Crippen molar-refractivity contribution in [2.75, 3.05) is 0 Å². The van der Waals surface area contributed by atoms with Crippen LogP contribution in [0, 0.1) is 5.82 Å². The molecule has 0 atom stereocenters. The van der Waals surface area contributed by atoms with E-state index in [0.717, 1.165) is 6.04 Å². The van der Waals surface area contributed by atoms with Crippen molar-refractivity contribution >= 4 is 0 Å². The fourth-order valence-electron chi connectivity index (χ4n) is 3.39. The first-order chi connectivity index (χ1) is 8.81. The van der Waals surface area contributed by atoms with E-state index in [1.807, 2.05) is 6.07 Å². The van der Waals surface area contributed by atoms with E-state index in [4.69, 9.17) is 0 Å². The smallest absolute Gasteiger partial charge is 0.123 e. The monoisotopic (exact) mass is 247 g/mol. The van der Waals surface area contributed by atoms with Crippen molar-refractivity contribution in [1.29, 1.82) is 0 Å². The van der Waals surface area contributed by atoms with Gasteiger partial charge in [0, 0.05) is 12.1 Å². The lowest BCUT2D eigenvalue weighted by molar-refractivity contribution is 0.238. The van der Waals surface area contributed by atoms with Gasteiger partial charge < -0.3 is 5.32 Å². The van der Waals surface area contributed by atoms with Gasteiger partial charge in [-0.25, -0.2) is 4.39 Å². The molecule has 98 valence electrons. The number of nitrogens with one attached hydrogen (secondary N) is 1. The minimum Gasteiger partial charge on any atom is -0.311 e. The van der Waals surface area contributed by atoms with E-state index in [9.17, 15) is 4.39 Å². The zero-order valence-electron chi connectivity index (χ0n) is 10.9. The summed E-state index contributed by atoms with van der Waals surface area (Å²) in [7, 11) is 0. The Kier molecular flexibility index (Phi) is 3.64. The lowest BCUT2D eigenvalue weighted by atomic mass is 9.75. The fourth-order valence-corrected chi connectivity index (χ4v) is 3.39. The van der Waals surface area contributed by atoms with E-state index in [1.165, 1.54) is 56.6 Å². The molecule has 2 saturated carbocycles. The second-order valence-electron chi connectivity index (χ2n) is 5.92. The topological polar surface area (TPSA) is 12.0 Å². The number of halogens is 1. The number of hydrogen-bond donors (Lipinski definition) is 1. The maximum atomic E-state index is 13.1. The number of hydrogen-bond acceptors (Lipinski definition) is 1. The van der Waals surface area contributed by atoms with Crippen molar-refractivity contribution < 1.29 is 4.39 Å². The van der Waals surface area contributed by atoms with Crippen molar-refractivity contribution in [3.63, 3.8) is 0 Å². The van der Waals surface area contributed by atoms with Gasteiger partial charge in [0.05, 0.1) is 0 Å². The zero-order chi connectivity index (χ0) is 12.4. The van der Waals surface area contributed by atoms with Crippen LogP contribution in [-0.4, -0.2) is 12.1 Å². The molecule has 0 amide bonds. The zero-order valence-corrected chi connectivity index (χ0v) is 10.9. The molecule has 0 aromatic heterocycles. The normalized spacial score (nSPS) is 28.9. The van der Waals surface area contributed by atoms with Crippen LogP contribution >= 0.6 is 0 Å². The van der Waals surface area contributed by atoms with Gasteiger partial charge in [0.25, 0.3) is 0 Å². The minimum absolute atomic E-state index is 0.101. The van der Waals surface area contributed by atoms with Gasteiger partial charge in [0.1, 0.15) is 5.82 Å². The fraction of sp³-hybridized carbons (Fsp3) is 0.625. The van der Waals surface area contributed by atoms with Gasteiger partial charge in [-0.05, 0) is 49.3 Å². The molecule has 2 aliphatic rings. The van der Waals surface area contributed by atoms with Gasteiger partial charge in [-0.15, -0.1) is 0 Å². The third kappa shape index (κ3) is 2.74. The Labute approximate surface area is 109 Å². The van der Waals surface area contributed by atoms with Gasteiger partial charge in [0.15, 0.2) is 0 Å². The van der Waals surface area contributed by atoms with E-state index >= 15 is 0 Å². The summed E-state index contributed by atoms with van der Waals surface area (Å²) in [5.41, 5.74) is 1.18. The van der Waals surface area contributed by atoms with Crippen LogP contribution in [-0.2, 0) is 0 Å². The van der Waals surface area contributed by atoms with Crippen LogP contribution in [0.5, 0.6) is 0 Å². The molecule has 1 N–H and O–H groups in total.